The quantitative estimate of drug-likeness (QED) is 0.679. The van der Waals surface area contributed by atoms with Crippen molar-refractivity contribution in [1.29, 1.82) is 0 Å². The number of carbonyl (C=O) groups is 1. The molecule has 2 rings (SSSR count). The number of carbonyl (C=O) groups excluding carboxylic acids is 1. The van der Waals surface area contributed by atoms with Crippen LogP contribution in [0.1, 0.15) is 21.5 Å². The van der Waals surface area contributed by atoms with Crippen LogP contribution in [0.3, 0.4) is 0 Å². The number of amides is 1. The number of nitrogens with zero attached hydrogens (tertiary/aromatic N) is 2. The first-order valence-corrected chi connectivity index (χ1v) is 6.30. The Bertz CT molecular complexity index is 624. The fraction of sp³-hybridized carbons (Fsp3) is 0.154. The predicted molar refractivity (Wildman–Crippen MR) is 75.9 cm³/mol. The van der Waals surface area contributed by atoms with E-state index in [9.17, 15) is 4.79 Å². The number of benzene rings is 1. The summed E-state index contributed by atoms with van der Waals surface area (Å²) in [7, 11) is 0. The summed E-state index contributed by atoms with van der Waals surface area (Å²) in [6.45, 7) is 3.94. The van der Waals surface area contributed by atoms with Gasteiger partial charge in [-0.15, -0.1) is 0 Å². The average molecular weight is 296 g/mol. The molecule has 0 unspecified atom stereocenters. The van der Waals surface area contributed by atoms with Crippen LogP contribution >= 0.6 is 23.2 Å². The topological polar surface area (TPSA) is 54.9 Å². The third-order valence-corrected chi connectivity index (χ3v) is 3.04. The van der Waals surface area contributed by atoms with Crippen molar-refractivity contribution in [1.82, 2.24) is 9.97 Å². The van der Waals surface area contributed by atoms with Crippen LogP contribution in [-0.2, 0) is 0 Å². The maximum Gasteiger partial charge on any atom is 0.256 e. The Hall–Kier alpha value is -1.65. The van der Waals surface area contributed by atoms with Crippen LogP contribution in [0.5, 0.6) is 0 Å². The molecule has 0 spiro atoms. The van der Waals surface area contributed by atoms with Gasteiger partial charge in [-0.1, -0.05) is 17.7 Å². The van der Waals surface area contributed by atoms with Crippen LogP contribution in [0.15, 0.2) is 24.3 Å². The molecular weight excluding hydrogens is 285 g/mol. The first-order chi connectivity index (χ1) is 8.95. The van der Waals surface area contributed by atoms with E-state index in [2.05, 4.69) is 15.3 Å². The number of aromatic nitrogens is 2. The molecule has 4 nitrogen and oxygen atoms in total. The molecule has 0 aliphatic heterocycles. The van der Waals surface area contributed by atoms with Crippen LogP contribution in [0.2, 0.25) is 10.4 Å². The van der Waals surface area contributed by atoms with E-state index >= 15 is 0 Å². The summed E-state index contributed by atoms with van der Waals surface area (Å²) in [5.74, 6) is 0.00200. The Morgan fingerprint density at radius 3 is 2.47 bits per heavy atom. The average Bonchev–Trinajstić information content (AvgIpc) is 2.31. The standard InChI is InChI=1S/C13H11Cl2N3O/c1-7-3-4-9(5-8(7)2)12(19)17-11-6-10(14)16-13(15)18-11/h3-6H,1-2H3,(H,16,17,18,19). The van der Waals surface area contributed by atoms with E-state index in [4.69, 9.17) is 23.2 Å². The molecule has 1 aromatic carbocycles. The number of hydrogen-bond donors (Lipinski definition) is 1. The minimum absolute atomic E-state index is 0.0112. The minimum Gasteiger partial charge on any atom is -0.306 e. The van der Waals surface area contributed by atoms with Crippen molar-refractivity contribution >= 4 is 34.9 Å². The normalized spacial score (nSPS) is 10.3. The van der Waals surface area contributed by atoms with Crippen molar-refractivity contribution in [3.05, 3.63) is 51.4 Å². The SMILES string of the molecule is Cc1ccc(C(=O)Nc2cc(Cl)nc(Cl)n2)cc1C. The van der Waals surface area contributed by atoms with Gasteiger partial charge < -0.3 is 5.32 Å². The number of halogens is 2. The van der Waals surface area contributed by atoms with E-state index in [1.165, 1.54) is 6.07 Å². The lowest BCUT2D eigenvalue weighted by molar-refractivity contribution is 0.102. The lowest BCUT2D eigenvalue weighted by Crippen LogP contribution is -2.13. The summed E-state index contributed by atoms with van der Waals surface area (Å²) in [6, 6.07) is 6.90. The molecule has 1 N–H and O–H groups in total. The molecule has 0 saturated heterocycles. The molecule has 98 valence electrons. The molecule has 0 aliphatic rings. The smallest absolute Gasteiger partial charge is 0.256 e. The van der Waals surface area contributed by atoms with Crippen LogP contribution in [0.25, 0.3) is 0 Å². The summed E-state index contributed by atoms with van der Waals surface area (Å²) < 4.78 is 0. The second-order valence-corrected chi connectivity index (χ2v) is 4.82. The largest absolute Gasteiger partial charge is 0.306 e. The van der Waals surface area contributed by atoms with Crippen LogP contribution < -0.4 is 5.32 Å². The maximum atomic E-state index is 12.0. The van der Waals surface area contributed by atoms with Gasteiger partial charge in [-0.05, 0) is 48.7 Å². The second kappa shape index (κ2) is 5.55. The van der Waals surface area contributed by atoms with Crippen molar-refractivity contribution < 1.29 is 4.79 Å². The first-order valence-electron chi connectivity index (χ1n) is 5.54. The molecule has 0 saturated carbocycles. The van der Waals surface area contributed by atoms with Crippen molar-refractivity contribution in [2.45, 2.75) is 13.8 Å². The molecule has 0 fully saturated rings. The summed E-state index contributed by atoms with van der Waals surface area (Å²) in [5.41, 5.74) is 2.73. The lowest BCUT2D eigenvalue weighted by Gasteiger charge is -2.07. The van der Waals surface area contributed by atoms with Gasteiger partial charge in [0.1, 0.15) is 11.0 Å². The summed E-state index contributed by atoms with van der Waals surface area (Å²) in [6.07, 6.45) is 0. The van der Waals surface area contributed by atoms with Gasteiger partial charge in [0.05, 0.1) is 0 Å². The van der Waals surface area contributed by atoms with Gasteiger partial charge in [-0.3, -0.25) is 4.79 Å². The number of rotatable bonds is 2. The van der Waals surface area contributed by atoms with E-state index < -0.39 is 0 Å². The highest BCUT2D eigenvalue weighted by Crippen LogP contribution is 2.16. The maximum absolute atomic E-state index is 12.0. The minimum atomic E-state index is -0.270. The highest BCUT2D eigenvalue weighted by molar-refractivity contribution is 6.32. The van der Waals surface area contributed by atoms with Gasteiger partial charge >= 0.3 is 0 Å². The fourth-order valence-corrected chi connectivity index (χ4v) is 1.93. The molecule has 1 aromatic heterocycles. The molecule has 2 aromatic rings. The van der Waals surface area contributed by atoms with E-state index in [1.54, 1.807) is 6.07 Å². The first kappa shape index (κ1) is 13.8. The zero-order chi connectivity index (χ0) is 14.0. The highest BCUT2D eigenvalue weighted by atomic mass is 35.5. The van der Waals surface area contributed by atoms with Gasteiger partial charge in [0.25, 0.3) is 5.91 Å². The van der Waals surface area contributed by atoms with Gasteiger partial charge in [-0.2, -0.15) is 0 Å². The highest BCUT2D eigenvalue weighted by Gasteiger charge is 2.09. The van der Waals surface area contributed by atoms with Gasteiger partial charge in [0.2, 0.25) is 5.28 Å². The molecule has 0 aliphatic carbocycles. The second-order valence-electron chi connectivity index (χ2n) is 4.10. The predicted octanol–water partition coefficient (Wildman–Crippen LogP) is 3.65. The van der Waals surface area contributed by atoms with Gasteiger partial charge in [-0.25, -0.2) is 9.97 Å². The van der Waals surface area contributed by atoms with E-state index in [0.29, 0.717) is 5.56 Å². The number of anilines is 1. The zero-order valence-electron chi connectivity index (χ0n) is 10.4. The number of hydrogen-bond acceptors (Lipinski definition) is 3. The Morgan fingerprint density at radius 1 is 1.11 bits per heavy atom. The molecule has 1 heterocycles. The van der Waals surface area contributed by atoms with E-state index in [0.717, 1.165) is 11.1 Å². The summed E-state index contributed by atoms with van der Waals surface area (Å²) in [5, 5.41) is 2.79. The summed E-state index contributed by atoms with van der Waals surface area (Å²) in [4.78, 5) is 19.6. The Morgan fingerprint density at radius 2 is 1.84 bits per heavy atom. The molecule has 1 amide bonds. The Balaban J connectivity index is 2.22. The van der Waals surface area contributed by atoms with Crippen molar-refractivity contribution in [3.8, 4) is 0 Å². The Labute approximate surface area is 120 Å². The zero-order valence-corrected chi connectivity index (χ0v) is 11.9. The third kappa shape index (κ3) is 3.43. The molecule has 0 bridgehead atoms. The lowest BCUT2D eigenvalue weighted by atomic mass is 10.1. The Kier molecular flexibility index (Phi) is 4.02. The number of aryl methyl sites for hydroxylation is 2. The van der Waals surface area contributed by atoms with Crippen LogP contribution in [0, 0.1) is 13.8 Å². The van der Waals surface area contributed by atoms with Gasteiger partial charge in [0.15, 0.2) is 0 Å². The monoisotopic (exact) mass is 295 g/mol. The summed E-state index contributed by atoms with van der Waals surface area (Å²) >= 11 is 11.4. The van der Waals surface area contributed by atoms with Crippen LogP contribution in [-0.4, -0.2) is 15.9 Å². The molecule has 19 heavy (non-hydrogen) atoms. The van der Waals surface area contributed by atoms with Crippen molar-refractivity contribution in [2.75, 3.05) is 5.32 Å². The molecular formula is C13H11Cl2N3O. The third-order valence-electron chi connectivity index (χ3n) is 2.68. The van der Waals surface area contributed by atoms with Crippen molar-refractivity contribution in [2.24, 2.45) is 0 Å². The fourth-order valence-electron chi connectivity index (χ4n) is 1.53. The molecule has 0 radical (unpaired) electrons. The molecule has 0 atom stereocenters. The van der Waals surface area contributed by atoms with E-state index in [1.807, 2.05) is 26.0 Å². The van der Waals surface area contributed by atoms with Gasteiger partial charge in [0, 0.05) is 11.6 Å². The van der Waals surface area contributed by atoms with Crippen molar-refractivity contribution in [3.63, 3.8) is 0 Å². The van der Waals surface area contributed by atoms with E-state index in [-0.39, 0.29) is 22.2 Å². The molecule has 6 heteroatoms. The number of nitrogens with one attached hydrogen (secondary N) is 1. The van der Waals surface area contributed by atoms with Crippen LogP contribution in [0.4, 0.5) is 5.82 Å².